The van der Waals surface area contributed by atoms with Gasteiger partial charge < -0.3 is 0 Å². The third-order valence-electron chi connectivity index (χ3n) is 9.08. The first-order chi connectivity index (χ1) is 23.7. The van der Waals surface area contributed by atoms with Gasteiger partial charge in [-0.1, -0.05) is 162 Å². The van der Waals surface area contributed by atoms with Gasteiger partial charge in [0.05, 0.1) is 16.1 Å². The van der Waals surface area contributed by atoms with Crippen molar-refractivity contribution in [3.05, 3.63) is 120 Å². The first-order valence-electron chi connectivity index (χ1n) is 17.8. The van der Waals surface area contributed by atoms with Gasteiger partial charge in [-0.15, -0.1) is 69.1 Å². The molecule has 0 fully saturated rings. The quantitative estimate of drug-likeness (QED) is 0.111. The third-order valence-corrected chi connectivity index (χ3v) is 13.2. The van der Waals surface area contributed by atoms with Crippen LogP contribution in [-0.4, -0.2) is 25.7 Å². The summed E-state index contributed by atoms with van der Waals surface area (Å²) in [6.45, 7) is 25.5. The summed E-state index contributed by atoms with van der Waals surface area (Å²) in [7, 11) is 8.51. The van der Waals surface area contributed by atoms with Gasteiger partial charge >= 0.3 is 37.9 Å². The van der Waals surface area contributed by atoms with Crippen LogP contribution in [0.5, 0.6) is 0 Å². The molecule has 1 atom stereocenters. The summed E-state index contributed by atoms with van der Waals surface area (Å²) in [5.41, 5.74) is 8.19. The van der Waals surface area contributed by atoms with Crippen LogP contribution in [0.2, 0.25) is 52.4 Å². The van der Waals surface area contributed by atoms with Crippen molar-refractivity contribution < 1.29 is 20.8 Å². The predicted octanol–water partition coefficient (Wildman–Crippen LogP) is 13.9. The summed E-state index contributed by atoms with van der Waals surface area (Å²) in [5, 5.41) is 8.53. The number of halogens is 2. The zero-order chi connectivity index (χ0) is 37.1. The van der Waals surface area contributed by atoms with E-state index in [0.717, 1.165) is 9.52 Å². The Morgan fingerprint density at radius 3 is 1.46 bits per heavy atom. The molecule has 0 saturated carbocycles. The van der Waals surface area contributed by atoms with Crippen molar-refractivity contribution in [2.45, 2.75) is 91.9 Å². The molecule has 1 unspecified atom stereocenters. The van der Waals surface area contributed by atoms with Crippen molar-refractivity contribution in [1.29, 1.82) is 0 Å². The fourth-order valence-electron chi connectivity index (χ4n) is 6.33. The number of hydrogen-bond acceptors (Lipinski definition) is 0. The molecule has 0 amide bonds. The second-order valence-corrected chi connectivity index (χ2v) is 30.2. The van der Waals surface area contributed by atoms with Crippen LogP contribution in [-0.2, 0) is 20.8 Å². The minimum absolute atomic E-state index is 0.643. The average molecular weight is 831 g/mol. The molecular formula is C44H56Cl2Si3Zr. The van der Waals surface area contributed by atoms with Gasteiger partial charge in [-0.25, -0.2) is 0 Å². The van der Waals surface area contributed by atoms with Gasteiger partial charge in [-0.3, -0.25) is 0 Å². The second kappa shape index (κ2) is 19.9. The fourth-order valence-corrected chi connectivity index (χ4v) is 8.66. The molecule has 6 aromatic rings. The van der Waals surface area contributed by atoms with Crippen molar-refractivity contribution >= 4 is 74.6 Å². The predicted molar refractivity (Wildman–Crippen MR) is 233 cm³/mol. The summed E-state index contributed by atoms with van der Waals surface area (Å²) < 4.78 is 0. The van der Waals surface area contributed by atoms with Gasteiger partial charge in [-0.2, -0.15) is 12.1 Å². The standard InChI is InChI=1S/C23H29Si.C19H21Si.C2H6Si.2ClH.Zr/c1-6-8-17(2)20-15-19-9-7-10-22(23(19)16-20)18-11-13-21(14-12-18)24(3,4)5;1-14-12-16-6-5-7-18(19(16)13-14)15-8-10-17(11-9-15)20(2,3)4;1-3-2;;;/h7,9-17H,6,8H2,1-5H3;5-13H,1-4H3;1-2H3;2*1H;/q2*-1;;;;+4/p-2. The zero-order valence-electron chi connectivity index (χ0n) is 32.1. The third kappa shape index (κ3) is 11.9. The molecule has 0 N–H and O–H groups in total. The van der Waals surface area contributed by atoms with E-state index in [1.165, 1.54) is 78.1 Å². The van der Waals surface area contributed by atoms with E-state index in [4.69, 9.17) is 17.0 Å². The van der Waals surface area contributed by atoms with Gasteiger partial charge in [0.25, 0.3) is 0 Å². The Kier molecular flexibility index (Phi) is 17.0. The molecule has 0 aliphatic rings. The summed E-state index contributed by atoms with van der Waals surface area (Å²) in [5.74, 6) is 0.643. The molecule has 0 spiro atoms. The average Bonchev–Trinajstić information content (AvgIpc) is 3.68. The molecule has 0 saturated heterocycles. The summed E-state index contributed by atoms with van der Waals surface area (Å²) >= 11 is -0.826. The van der Waals surface area contributed by atoms with E-state index < -0.39 is 37.0 Å². The van der Waals surface area contributed by atoms with Crippen LogP contribution < -0.4 is 10.4 Å². The SMILES string of the molecule is CCCC(C)c1cc2c(-c3ccc([Si](C)(C)C)cc3)cccc2[cH-]1.C[Si]C.Cc1cc2c(-c3ccc([Si](C)(C)C)cc3)cccc2[cH-]1.[Cl][Zr+2][Cl]. The van der Waals surface area contributed by atoms with Gasteiger partial charge in [0.2, 0.25) is 0 Å². The molecule has 0 aliphatic carbocycles. The van der Waals surface area contributed by atoms with Crippen LogP contribution in [0.15, 0.2) is 109 Å². The molecule has 0 heterocycles. The molecule has 2 radical (unpaired) electrons. The molecule has 0 bridgehead atoms. The van der Waals surface area contributed by atoms with Crippen LogP contribution in [0.1, 0.15) is 43.7 Å². The van der Waals surface area contributed by atoms with Gasteiger partial charge in [0, 0.05) is 9.52 Å². The van der Waals surface area contributed by atoms with Crippen LogP contribution in [0.25, 0.3) is 43.8 Å². The van der Waals surface area contributed by atoms with E-state index in [0.29, 0.717) is 5.92 Å². The zero-order valence-corrected chi connectivity index (χ0v) is 39.1. The Labute approximate surface area is 327 Å². The number of benzene rings is 4. The maximum atomic E-state index is 4.93. The molecule has 262 valence electrons. The van der Waals surface area contributed by atoms with Crippen LogP contribution >= 0.6 is 17.0 Å². The molecular weight excluding hydrogens is 775 g/mol. The van der Waals surface area contributed by atoms with Gasteiger partial charge in [0.15, 0.2) is 0 Å². The van der Waals surface area contributed by atoms with Crippen molar-refractivity contribution in [2.24, 2.45) is 0 Å². The normalized spacial score (nSPS) is 11.8. The summed E-state index contributed by atoms with van der Waals surface area (Å²) in [6.07, 6.45) is 2.50. The number of rotatable bonds is 7. The van der Waals surface area contributed by atoms with Crippen molar-refractivity contribution in [1.82, 2.24) is 0 Å². The number of aryl methyl sites for hydroxylation is 1. The van der Waals surface area contributed by atoms with Crippen LogP contribution in [0, 0.1) is 6.92 Å². The van der Waals surface area contributed by atoms with E-state index >= 15 is 0 Å². The minimum atomic E-state index is -1.23. The maximum absolute atomic E-state index is 4.93. The van der Waals surface area contributed by atoms with Crippen molar-refractivity contribution in [3.63, 3.8) is 0 Å². The Hall–Kier alpha value is -1.79. The van der Waals surface area contributed by atoms with Crippen molar-refractivity contribution in [2.75, 3.05) is 0 Å². The molecule has 0 nitrogen and oxygen atoms in total. The van der Waals surface area contributed by atoms with E-state index in [1.54, 1.807) is 0 Å². The molecule has 50 heavy (non-hydrogen) atoms. The topological polar surface area (TPSA) is 0 Å². The van der Waals surface area contributed by atoms with Crippen molar-refractivity contribution in [3.8, 4) is 22.3 Å². The van der Waals surface area contributed by atoms with Gasteiger partial charge in [-0.05, 0) is 23.5 Å². The Balaban J connectivity index is 0.000000236. The molecule has 6 heteroatoms. The number of fused-ring (bicyclic) bond motifs is 2. The van der Waals surface area contributed by atoms with E-state index in [2.05, 4.69) is 182 Å². The summed E-state index contributed by atoms with van der Waals surface area (Å²) in [6, 6.07) is 41.1. The van der Waals surface area contributed by atoms with E-state index in [9.17, 15) is 0 Å². The monoisotopic (exact) mass is 828 g/mol. The Bertz CT molecular complexity index is 1890. The first kappa shape index (κ1) is 42.6. The summed E-state index contributed by atoms with van der Waals surface area (Å²) in [4.78, 5) is 0. The fraction of sp³-hybridized carbons (Fsp3) is 0.318. The van der Waals surface area contributed by atoms with E-state index in [1.807, 2.05) is 0 Å². The Morgan fingerprint density at radius 2 is 1.06 bits per heavy atom. The van der Waals surface area contributed by atoms with Gasteiger partial charge in [0.1, 0.15) is 0 Å². The van der Waals surface area contributed by atoms with E-state index in [-0.39, 0.29) is 0 Å². The van der Waals surface area contributed by atoms with Crippen LogP contribution in [0.3, 0.4) is 0 Å². The molecule has 6 aromatic carbocycles. The number of hydrogen-bond donors (Lipinski definition) is 0. The van der Waals surface area contributed by atoms with Crippen LogP contribution in [0.4, 0.5) is 0 Å². The molecule has 0 aromatic heterocycles. The second-order valence-electron chi connectivity index (χ2n) is 15.4. The first-order valence-corrected chi connectivity index (χ1v) is 33.1. The Morgan fingerprint density at radius 1 is 0.660 bits per heavy atom. The molecule has 0 aliphatic heterocycles. The molecule has 6 rings (SSSR count).